The standard InChI is InChI=1S/C10H13N3O3/c1-6(2)9-10(13(15)16)12-4-3-7(14)5-8(12)11-9/h6H,3-5H2,1-2H3. The van der Waals surface area contributed by atoms with Gasteiger partial charge in [0.1, 0.15) is 11.5 Å². The molecule has 0 saturated carbocycles. The number of hydrogen-bond donors (Lipinski definition) is 0. The molecular formula is C10H13N3O3. The van der Waals surface area contributed by atoms with Crippen LogP contribution in [-0.4, -0.2) is 20.3 Å². The zero-order chi connectivity index (χ0) is 11.9. The van der Waals surface area contributed by atoms with Crippen molar-refractivity contribution in [3.05, 3.63) is 21.6 Å². The fourth-order valence-corrected chi connectivity index (χ4v) is 1.96. The maximum absolute atomic E-state index is 11.3. The fraction of sp³-hybridized carbons (Fsp3) is 0.600. The van der Waals surface area contributed by atoms with E-state index in [-0.39, 0.29) is 23.9 Å². The molecule has 1 aliphatic heterocycles. The normalized spacial score (nSPS) is 15.3. The van der Waals surface area contributed by atoms with Gasteiger partial charge in [0.25, 0.3) is 0 Å². The second-order valence-electron chi connectivity index (χ2n) is 4.27. The molecule has 0 unspecified atom stereocenters. The summed E-state index contributed by atoms with van der Waals surface area (Å²) in [5.41, 5.74) is 0.481. The lowest BCUT2D eigenvalue weighted by Crippen LogP contribution is -2.19. The van der Waals surface area contributed by atoms with Gasteiger partial charge in [-0.2, -0.15) is 0 Å². The Morgan fingerprint density at radius 3 is 2.75 bits per heavy atom. The van der Waals surface area contributed by atoms with Crippen molar-refractivity contribution in [1.82, 2.24) is 9.55 Å². The Balaban J connectivity index is 2.56. The highest BCUT2D eigenvalue weighted by Crippen LogP contribution is 2.29. The Morgan fingerprint density at radius 2 is 2.19 bits per heavy atom. The number of rotatable bonds is 2. The molecule has 0 fully saturated rings. The summed E-state index contributed by atoms with van der Waals surface area (Å²) in [6.07, 6.45) is 0.579. The van der Waals surface area contributed by atoms with E-state index in [1.165, 1.54) is 0 Å². The van der Waals surface area contributed by atoms with Gasteiger partial charge in [-0.15, -0.1) is 0 Å². The van der Waals surface area contributed by atoms with Gasteiger partial charge < -0.3 is 10.1 Å². The molecule has 0 spiro atoms. The molecule has 0 N–H and O–H groups in total. The predicted octanol–water partition coefficient (Wildman–Crippen LogP) is 1.43. The van der Waals surface area contributed by atoms with Crippen LogP contribution in [-0.2, 0) is 17.8 Å². The minimum absolute atomic E-state index is 0.00592. The van der Waals surface area contributed by atoms with Crippen LogP contribution in [0.3, 0.4) is 0 Å². The van der Waals surface area contributed by atoms with Gasteiger partial charge in [-0.05, 0) is 4.92 Å². The van der Waals surface area contributed by atoms with Gasteiger partial charge in [-0.3, -0.25) is 4.79 Å². The van der Waals surface area contributed by atoms with Crippen LogP contribution in [0.1, 0.15) is 37.7 Å². The van der Waals surface area contributed by atoms with Crippen LogP contribution < -0.4 is 0 Å². The van der Waals surface area contributed by atoms with Gasteiger partial charge >= 0.3 is 5.82 Å². The highest BCUT2D eigenvalue weighted by Gasteiger charge is 2.32. The van der Waals surface area contributed by atoms with E-state index in [2.05, 4.69) is 4.98 Å². The second kappa shape index (κ2) is 3.70. The van der Waals surface area contributed by atoms with Gasteiger partial charge in [0, 0.05) is 12.3 Å². The van der Waals surface area contributed by atoms with Crippen LogP contribution >= 0.6 is 0 Å². The van der Waals surface area contributed by atoms with E-state index in [0.29, 0.717) is 24.5 Å². The Morgan fingerprint density at radius 1 is 1.50 bits per heavy atom. The molecule has 1 aromatic rings. The van der Waals surface area contributed by atoms with Crippen molar-refractivity contribution in [2.75, 3.05) is 0 Å². The molecule has 0 aromatic carbocycles. The third kappa shape index (κ3) is 1.60. The highest BCUT2D eigenvalue weighted by atomic mass is 16.6. The monoisotopic (exact) mass is 223 g/mol. The van der Waals surface area contributed by atoms with Crippen molar-refractivity contribution >= 4 is 11.6 Å². The molecule has 2 rings (SSSR count). The zero-order valence-corrected chi connectivity index (χ0v) is 9.27. The number of imidazole rings is 1. The molecule has 16 heavy (non-hydrogen) atoms. The number of fused-ring (bicyclic) bond motifs is 1. The van der Waals surface area contributed by atoms with E-state index >= 15 is 0 Å². The van der Waals surface area contributed by atoms with Crippen molar-refractivity contribution in [2.24, 2.45) is 0 Å². The summed E-state index contributed by atoms with van der Waals surface area (Å²) in [5.74, 6) is 0.681. The van der Waals surface area contributed by atoms with E-state index < -0.39 is 4.92 Å². The predicted molar refractivity (Wildman–Crippen MR) is 56.3 cm³/mol. The molecule has 1 aliphatic rings. The zero-order valence-electron chi connectivity index (χ0n) is 9.27. The van der Waals surface area contributed by atoms with Crippen LogP contribution in [0, 0.1) is 10.1 Å². The number of nitrogens with zero attached hydrogens (tertiary/aromatic N) is 3. The Labute approximate surface area is 92.4 Å². The number of nitro groups is 1. The molecule has 6 heteroatoms. The molecule has 0 aliphatic carbocycles. The molecule has 0 atom stereocenters. The van der Waals surface area contributed by atoms with Crippen molar-refractivity contribution in [3.8, 4) is 0 Å². The lowest BCUT2D eigenvalue weighted by atomic mass is 10.1. The number of carbonyl (C=O) groups is 1. The average Bonchev–Trinajstić information content (AvgIpc) is 2.55. The molecule has 6 nitrogen and oxygen atoms in total. The van der Waals surface area contributed by atoms with Gasteiger partial charge in [-0.1, -0.05) is 13.8 Å². The number of aromatic nitrogens is 2. The first kappa shape index (κ1) is 10.8. The minimum atomic E-state index is -0.401. The summed E-state index contributed by atoms with van der Waals surface area (Å²) >= 11 is 0. The summed E-state index contributed by atoms with van der Waals surface area (Å²) in [7, 11) is 0. The summed E-state index contributed by atoms with van der Waals surface area (Å²) in [5, 5.41) is 11.0. The lowest BCUT2D eigenvalue weighted by molar-refractivity contribution is -0.393. The van der Waals surface area contributed by atoms with Gasteiger partial charge in [-0.25, -0.2) is 9.55 Å². The maximum atomic E-state index is 11.3. The molecule has 86 valence electrons. The molecule has 0 amide bonds. The third-order valence-corrected chi connectivity index (χ3v) is 2.74. The van der Waals surface area contributed by atoms with E-state index in [9.17, 15) is 14.9 Å². The van der Waals surface area contributed by atoms with Gasteiger partial charge in [0.15, 0.2) is 0 Å². The first-order chi connectivity index (χ1) is 7.50. The van der Waals surface area contributed by atoms with E-state index in [4.69, 9.17) is 0 Å². The first-order valence-electron chi connectivity index (χ1n) is 5.26. The quantitative estimate of drug-likeness (QED) is 0.561. The maximum Gasteiger partial charge on any atom is 0.346 e. The summed E-state index contributed by atoms with van der Waals surface area (Å²) in [6, 6.07) is 0. The van der Waals surface area contributed by atoms with Crippen LogP contribution in [0.5, 0.6) is 0 Å². The van der Waals surface area contributed by atoms with Crippen LogP contribution in [0.25, 0.3) is 0 Å². The molecule has 0 bridgehead atoms. The van der Waals surface area contributed by atoms with Gasteiger partial charge in [0.05, 0.1) is 13.0 Å². The Hall–Kier alpha value is -1.72. The Kier molecular flexibility index (Phi) is 2.49. The largest absolute Gasteiger partial charge is 0.358 e. The average molecular weight is 223 g/mol. The molecule has 0 radical (unpaired) electrons. The fourth-order valence-electron chi connectivity index (χ4n) is 1.96. The van der Waals surface area contributed by atoms with Crippen LogP contribution in [0.4, 0.5) is 5.82 Å². The van der Waals surface area contributed by atoms with Crippen molar-refractivity contribution in [3.63, 3.8) is 0 Å². The van der Waals surface area contributed by atoms with Crippen molar-refractivity contribution in [1.29, 1.82) is 0 Å². The summed E-state index contributed by atoms with van der Waals surface area (Å²) < 4.78 is 1.57. The second-order valence-corrected chi connectivity index (χ2v) is 4.27. The highest BCUT2D eigenvalue weighted by molar-refractivity contribution is 5.81. The number of hydrogen-bond acceptors (Lipinski definition) is 4. The molecule has 2 heterocycles. The summed E-state index contributed by atoms with van der Waals surface area (Å²) in [6.45, 7) is 4.11. The topological polar surface area (TPSA) is 78.0 Å². The van der Waals surface area contributed by atoms with Crippen LogP contribution in [0.2, 0.25) is 0 Å². The number of ketones is 1. The Bertz CT molecular complexity index is 462. The first-order valence-corrected chi connectivity index (χ1v) is 5.26. The number of Topliss-reactive ketones (excluding diaryl/α,β-unsaturated/α-hetero) is 1. The molecule has 0 saturated heterocycles. The smallest absolute Gasteiger partial charge is 0.346 e. The van der Waals surface area contributed by atoms with E-state index in [1.807, 2.05) is 13.8 Å². The van der Waals surface area contributed by atoms with E-state index in [0.717, 1.165) is 0 Å². The SMILES string of the molecule is CC(C)c1nc2n(c1[N+](=O)[O-])CCC(=O)C2. The molecular weight excluding hydrogens is 210 g/mol. The van der Waals surface area contributed by atoms with Crippen molar-refractivity contribution < 1.29 is 9.72 Å². The van der Waals surface area contributed by atoms with Crippen molar-refractivity contribution in [2.45, 2.75) is 39.2 Å². The van der Waals surface area contributed by atoms with Crippen LogP contribution in [0.15, 0.2) is 0 Å². The van der Waals surface area contributed by atoms with Gasteiger partial charge in [0.2, 0.25) is 5.82 Å². The van der Waals surface area contributed by atoms with E-state index in [1.54, 1.807) is 4.57 Å². The number of carbonyl (C=O) groups excluding carboxylic acids is 1. The minimum Gasteiger partial charge on any atom is -0.358 e. The molecule has 1 aromatic heterocycles. The lowest BCUT2D eigenvalue weighted by Gasteiger charge is -2.08. The third-order valence-electron chi connectivity index (χ3n) is 2.74. The summed E-state index contributed by atoms with van der Waals surface area (Å²) in [4.78, 5) is 26.1.